The van der Waals surface area contributed by atoms with Crippen LogP contribution in [-0.2, 0) is 14.6 Å². The molecule has 1 N–H and O–H groups in total. The molecule has 3 rings (SSSR count). The van der Waals surface area contributed by atoms with Crippen LogP contribution in [0.1, 0.15) is 11.1 Å². The van der Waals surface area contributed by atoms with Gasteiger partial charge in [0.2, 0.25) is 5.91 Å². The fourth-order valence-corrected chi connectivity index (χ4v) is 4.52. The number of carbonyl (C=O) groups excluding carboxylic acids is 1. The third kappa shape index (κ3) is 4.38. The number of aromatic nitrogens is 1. The van der Waals surface area contributed by atoms with Crippen LogP contribution in [0, 0.1) is 6.92 Å². The first kappa shape index (κ1) is 18.8. The van der Waals surface area contributed by atoms with Gasteiger partial charge >= 0.3 is 0 Å². The molecule has 1 heterocycles. The predicted octanol–water partition coefficient (Wildman–Crippen LogP) is 4.42. The second-order valence-electron chi connectivity index (χ2n) is 5.77. The molecule has 0 atom stereocenters. The highest BCUT2D eigenvalue weighted by Gasteiger charge is 2.11. The van der Waals surface area contributed by atoms with Gasteiger partial charge in [0.1, 0.15) is 0 Å². The Morgan fingerprint density at radius 2 is 2.00 bits per heavy atom. The molecule has 0 radical (unpaired) electrons. The normalized spacial score (nSPS) is 12.0. The summed E-state index contributed by atoms with van der Waals surface area (Å²) in [6, 6.07) is 10.6. The Kier molecular flexibility index (Phi) is 5.27. The number of halogens is 1. The lowest BCUT2D eigenvalue weighted by Gasteiger charge is -2.00. The molecule has 2 aromatic carbocycles. The van der Waals surface area contributed by atoms with Crippen molar-refractivity contribution >= 4 is 64.4 Å². The molecule has 0 unspecified atom stereocenters. The summed E-state index contributed by atoms with van der Waals surface area (Å²) in [4.78, 5) is 16.7. The Bertz CT molecular complexity index is 1130. The van der Waals surface area contributed by atoms with Crippen LogP contribution in [0.5, 0.6) is 0 Å². The van der Waals surface area contributed by atoms with Crippen molar-refractivity contribution in [1.29, 1.82) is 0 Å². The van der Waals surface area contributed by atoms with Crippen LogP contribution in [0.3, 0.4) is 0 Å². The summed E-state index contributed by atoms with van der Waals surface area (Å²) >= 11 is 4.70. The summed E-state index contributed by atoms with van der Waals surface area (Å²) in [6.45, 7) is 1.99. The summed E-state index contributed by atoms with van der Waals surface area (Å²) in [5.41, 5.74) is 2.66. The summed E-state index contributed by atoms with van der Waals surface area (Å²) in [5.74, 6) is -0.306. The van der Waals surface area contributed by atoms with E-state index in [1.54, 1.807) is 18.2 Å². The van der Waals surface area contributed by atoms with E-state index in [2.05, 4.69) is 26.2 Å². The highest BCUT2D eigenvalue weighted by Crippen LogP contribution is 2.28. The molecule has 8 heteroatoms. The second-order valence-corrected chi connectivity index (χ2v) is 9.67. The standard InChI is InChI=1S/C18H15BrN2O3S2/c1-11-3-4-12(14(19)9-11)5-8-17(22)21-18-20-15-7-6-13(26(2,23)24)10-16(15)25-18/h3-10H,1-2H3,(H,20,21,22)/b8-5+. The topological polar surface area (TPSA) is 76.1 Å². The number of rotatable bonds is 4. The molecule has 26 heavy (non-hydrogen) atoms. The van der Waals surface area contributed by atoms with E-state index in [0.29, 0.717) is 15.3 Å². The van der Waals surface area contributed by atoms with Gasteiger partial charge in [-0.3, -0.25) is 10.1 Å². The van der Waals surface area contributed by atoms with Gasteiger partial charge in [0.05, 0.1) is 15.1 Å². The van der Waals surface area contributed by atoms with Crippen molar-refractivity contribution in [2.45, 2.75) is 11.8 Å². The van der Waals surface area contributed by atoms with Crippen LogP contribution in [0.2, 0.25) is 0 Å². The molecule has 0 aliphatic rings. The number of nitrogens with one attached hydrogen (secondary N) is 1. The lowest BCUT2D eigenvalue weighted by atomic mass is 10.1. The van der Waals surface area contributed by atoms with E-state index < -0.39 is 9.84 Å². The number of hydrogen-bond donors (Lipinski definition) is 1. The van der Waals surface area contributed by atoms with E-state index >= 15 is 0 Å². The summed E-state index contributed by atoms with van der Waals surface area (Å²) in [5, 5.41) is 3.13. The molecule has 1 amide bonds. The quantitative estimate of drug-likeness (QED) is 0.596. The van der Waals surface area contributed by atoms with Crippen molar-refractivity contribution in [2.75, 3.05) is 11.6 Å². The van der Waals surface area contributed by atoms with Crippen LogP contribution in [0.25, 0.3) is 16.3 Å². The number of anilines is 1. The van der Waals surface area contributed by atoms with Gasteiger partial charge in [-0.15, -0.1) is 0 Å². The number of sulfone groups is 1. The van der Waals surface area contributed by atoms with E-state index in [1.165, 1.54) is 23.5 Å². The number of benzene rings is 2. The zero-order chi connectivity index (χ0) is 18.9. The largest absolute Gasteiger partial charge is 0.298 e. The van der Waals surface area contributed by atoms with Crippen LogP contribution in [0.4, 0.5) is 5.13 Å². The van der Waals surface area contributed by atoms with Gasteiger partial charge in [-0.2, -0.15) is 0 Å². The van der Waals surface area contributed by atoms with E-state index in [0.717, 1.165) is 21.9 Å². The maximum Gasteiger partial charge on any atom is 0.250 e. The van der Waals surface area contributed by atoms with Gasteiger partial charge in [-0.1, -0.05) is 39.4 Å². The number of aryl methyl sites for hydroxylation is 1. The number of fused-ring (bicyclic) bond motifs is 1. The molecule has 0 spiro atoms. The predicted molar refractivity (Wildman–Crippen MR) is 109 cm³/mol. The molecule has 0 aliphatic heterocycles. The van der Waals surface area contributed by atoms with Crippen LogP contribution < -0.4 is 5.32 Å². The van der Waals surface area contributed by atoms with E-state index in [9.17, 15) is 13.2 Å². The number of carbonyl (C=O) groups is 1. The van der Waals surface area contributed by atoms with E-state index in [4.69, 9.17) is 0 Å². The first-order valence-electron chi connectivity index (χ1n) is 7.58. The number of hydrogen-bond acceptors (Lipinski definition) is 5. The number of thiazole rings is 1. The summed E-state index contributed by atoms with van der Waals surface area (Å²) in [6.07, 6.45) is 4.31. The van der Waals surface area contributed by atoms with Crippen LogP contribution in [0.15, 0.2) is 51.8 Å². The maximum absolute atomic E-state index is 12.1. The highest BCUT2D eigenvalue weighted by atomic mass is 79.9. The first-order chi connectivity index (χ1) is 12.2. The van der Waals surface area contributed by atoms with Gasteiger partial charge in [0.15, 0.2) is 15.0 Å². The average molecular weight is 451 g/mol. The minimum absolute atomic E-state index is 0.232. The minimum atomic E-state index is -3.28. The van der Waals surface area contributed by atoms with Gasteiger partial charge in [0, 0.05) is 16.8 Å². The van der Waals surface area contributed by atoms with Crippen molar-refractivity contribution in [1.82, 2.24) is 4.98 Å². The minimum Gasteiger partial charge on any atom is -0.298 e. The molecular weight excluding hydrogens is 436 g/mol. The van der Waals surface area contributed by atoms with Crippen LogP contribution >= 0.6 is 27.3 Å². The highest BCUT2D eigenvalue weighted by molar-refractivity contribution is 9.10. The zero-order valence-electron chi connectivity index (χ0n) is 14.0. The Morgan fingerprint density at radius 3 is 2.69 bits per heavy atom. The molecule has 134 valence electrons. The molecule has 1 aromatic heterocycles. The van der Waals surface area contributed by atoms with Gasteiger partial charge in [-0.25, -0.2) is 13.4 Å². The van der Waals surface area contributed by atoms with E-state index in [-0.39, 0.29) is 10.8 Å². The third-order valence-electron chi connectivity index (χ3n) is 3.59. The molecule has 0 saturated carbocycles. The van der Waals surface area contributed by atoms with Crippen molar-refractivity contribution in [3.8, 4) is 0 Å². The van der Waals surface area contributed by atoms with Gasteiger partial charge in [-0.05, 0) is 48.4 Å². The number of amides is 1. The second kappa shape index (κ2) is 7.30. The molecule has 0 bridgehead atoms. The van der Waals surface area contributed by atoms with Crippen molar-refractivity contribution < 1.29 is 13.2 Å². The molecule has 0 aliphatic carbocycles. The molecule has 5 nitrogen and oxygen atoms in total. The van der Waals surface area contributed by atoms with Crippen molar-refractivity contribution in [3.63, 3.8) is 0 Å². The SMILES string of the molecule is Cc1ccc(/C=C/C(=O)Nc2nc3ccc(S(C)(=O)=O)cc3s2)c(Br)c1. The molecule has 0 saturated heterocycles. The number of nitrogens with zero attached hydrogens (tertiary/aromatic N) is 1. The van der Waals surface area contributed by atoms with Gasteiger partial charge in [0.25, 0.3) is 0 Å². The first-order valence-corrected chi connectivity index (χ1v) is 11.1. The Balaban J connectivity index is 1.77. The smallest absolute Gasteiger partial charge is 0.250 e. The fourth-order valence-electron chi connectivity index (χ4n) is 2.27. The summed E-state index contributed by atoms with van der Waals surface area (Å²) < 4.78 is 24.9. The Hall–Kier alpha value is -2.03. The third-order valence-corrected chi connectivity index (χ3v) is 6.32. The van der Waals surface area contributed by atoms with Gasteiger partial charge < -0.3 is 0 Å². The Morgan fingerprint density at radius 1 is 1.23 bits per heavy atom. The monoisotopic (exact) mass is 450 g/mol. The zero-order valence-corrected chi connectivity index (χ0v) is 17.2. The van der Waals surface area contributed by atoms with Crippen molar-refractivity contribution in [2.24, 2.45) is 0 Å². The average Bonchev–Trinajstić information content (AvgIpc) is 2.94. The van der Waals surface area contributed by atoms with E-state index in [1.807, 2.05) is 25.1 Å². The van der Waals surface area contributed by atoms with Crippen LogP contribution in [-0.4, -0.2) is 25.6 Å². The molecule has 3 aromatic rings. The summed E-state index contributed by atoms with van der Waals surface area (Å²) in [7, 11) is -3.28. The lowest BCUT2D eigenvalue weighted by Crippen LogP contribution is -2.07. The lowest BCUT2D eigenvalue weighted by molar-refractivity contribution is -0.111. The molecule has 0 fully saturated rings. The fraction of sp³-hybridized carbons (Fsp3) is 0.111. The van der Waals surface area contributed by atoms with Crippen molar-refractivity contribution in [3.05, 3.63) is 58.1 Å². The Labute approximate surface area is 163 Å². The molecular formula is C18H15BrN2O3S2. The maximum atomic E-state index is 12.1.